The number of hydrogen-bond acceptors (Lipinski definition) is 4. The molecule has 0 saturated carbocycles. The number of para-hydroxylation sites is 1. The third kappa shape index (κ3) is 3.36. The second-order valence-corrected chi connectivity index (χ2v) is 6.42. The second kappa shape index (κ2) is 7.59. The number of nitrogens with one attached hydrogen (secondary N) is 1. The van der Waals surface area contributed by atoms with E-state index in [0.717, 1.165) is 4.90 Å². The average molecular weight is 386 g/mol. The summed E-state index contributed by atoms with van der Waals surface area (Å²) >= 11 is 0. The van der Waals surface area contributed by atoms with Crippen molar-refractivity contribution in [2.45, 2.75) is 6.92 Å². The third-order valence-corrected chi connectivity index (χ3v) is 4.58. The summed E-state index contributed by atoms with van der Waals surface area (Å²) in [6.45, 7) is 2.35. The number of benzene rings is 3. The molecular weight excluding hydrogens is 368 g/mol. The van der Waals surface area contributed by atoms with Crippen LogP contribution in [0.5, 0.6) is 5.75 Å². The molecule has 29 heavy (non-hydrogen) atoms. The van der Waals surface area contributed by atoms with E-state index < -0.39 is 17.7 Å². The summed E-state index contributed by atoms with van der Waals surface area (Å²) in [4.78, 5) is 39.7. The fourth-order valence-electron chi connectivity index (χ4n) is 3.29. The molecule has 1 N–H and O–H groups in total. The van der Waals surface area contributed by atoms with E-state index in [4.69, 9.17) is 4.74 Å². The standard InChI is InChI=1S/C23H18N2O4/c1-2-29-17-11-6-8-15(14-17)21(26)24-19-13-7-12-18-20(19)23(28)25(22(18)27)16-9-4-3-5-10-16/h3-14H,2H2,1H3,(H,24,26). The van der Waals surface area contributed by atoms with Crippen LogP contribution in [-0.2, 0) is 0 Å². The van der Waals surface area contributed by atoms with E-state index >= 15 is 0 Å². The first-order valence-corrected chi connectivity index (χ1v) is 9.21. The van der Waals surface area contributed by atoms with Gasteiger partial charge in [0.05, 0.1) is 29.1 Å². The monoisotopic (exact) mass is 386 g/mol. The molecule has 0 atom stereocenters. The summed E-state index contributed by atoms with van der Waals surface area (Å²) in [5, 5.41) is 2.76. The van der Waals surface area contributed by atoms with Crippen LogP contribution in [0.25, 0.3) is 0 Å². The Balaban J connectivity index is 1.66. The van der Waals surface area contributed by atoms with E-state index in [-0.39, 0.29) is 11.1 Å². The van der Waals surface area contributed by atoms with Crippen molar-refractivity contribution in [1.82, 2.24) is 0 Å². The lowest BCUT2D eigenvalue weighted by Crippen LogP contribution is -2.29. The Labute approximate surface area is 167 Å². The van der Waals surface area contributed by atoms with Gasteiger partial charge in [-0.15, -0.1) is 0 Å². The number of fused-ring (bicyclic) bond motifs is 1. The van der Waals surface area contributed by atoms with Crippen LogP contribution in [-0.4, -0.2) is 24.3 Å². The van der Waals surface area contributed by atoms with Gasteiger partial charge in [0.1, 0.15) is 5.75 Å². The Morgan fingerprint density at radius 2 is 1.69 bits per heavy atom. The van der Waals surface area contributed by atoms with Crippen LogP contribution in [0, 0.1) is 0 Å². The molecule has 1 aliphatic rings. The highest BCUT2D eigenvalue weighted by Crippen LogP contribution is 2.33. The van der Waals surface area contributed by atoms with Gasteiger partial charge in [-0.3, -0.25) is 14.4 Å². The molecule has 6 nitrogen and oxygen atoms in total. The van der Waals surface area contributed by atoms with E-state index in [1.54, 1.807) is 66.7 Å². The molecule has 4 rings (SSSR count). The number of anilines is 2. The van der Waals surface area contributed by atoms with Gasteiger partial charge in [-0.05, 0) is 49.4 Å². The molecule has 0 spiro atoms. The minimum atomic E-state index is -0.463. The number of hydrogen-bond donors (Lipinski definition) is 1. The molecule has 144 valence electrons. The van der Waals surface area contributed by atoms with Gasteiger partial charge in [-0.2, -0.15) is 0 Å². The number of ether oxygens (including phenoxy) is 1. The zero-order valence-electron chi connectivity index (χ0n) is 15.7. The van der Waals surface area contributed by atoms with Crippen LogP contribution < -0.4 is 15.0 Å². The topological polar surface area (TPSA) is 75.7 Å². The maximum absolute atomic E-state index is 13.0. The van der Waals surface area contributed by atoms with Gasteiger partial charge >= 0.3 is 0 Å². The fraction of sp³-hybridized carbons (Fsp3) is 0.0870. The lowest BCUT2D eigenvalue weighted by atomic mass is 10.1. The van der Waals surface area contributed by atoms with Gasteiger partial charge < -0.3 is 10.1 Å². The Hall–Kier alpha value is -3.93. The molecule has 0 fully saturated rings. The van der Waals surface area contributed by atoms with Crippen LogP contribution in [0.15, 0.2) is 72.8 Å². The van der Waals surface area contributed by atoms with Gasteiger partial charge in [-0.1, -0.05) is 30.3 Å². The van der Waals surface area contributed by atoms with Crippen LogP contribution in [0.2, 0.25) is 0 Å². The Kier molecular flexibility index (Phi) is 4.83. The summed E-state index contributed by atoms with van der Waals surface area (Å²) in [6.07, 6.45) is 0. The Morgan fingerprint density at radius 1 is 0.931 bits per heavy atom. The molecule has 3 aromatic carbocycles. The first-order valence-electron chi connectivity index (χ1n) is 9.21. The largest absolute Gasteiger partial charge is 0.494 e. The Bertz CT molecular complexity index is 1110. The molecule has 0 bridgehead atoms. The van der Waals surface area contributed by atoms with Crippen LogP contribution in [0.3, 0.4) is 0 Å². The Morgan fingerprint density at radius 3 is 2.45 bits per heavy atom. The van der Waals surface area contributed by atoms with Crippen molar-refractivity contribution < 1.29 is 19.1 Å². The van der Waals surface area contributed by atoms with Crippen molar-refractivity contribution in [3.63, 3.8) is 0 Å². The predicted molar refractivity (Wildman–Crippen MR) is 110 cm³/mol. The van der Waals surface area contributed by atoms with E-state index in [2.05, 4.69) is 5.32 Å². The lowest BCUT2D eigenvalue weighted by molar-refractivity contribution is 0.0926. The summed E-state index contributed by atoms with van der Waals surface area (Å²) in [6, 6.07) is 20.3. The van der Waals surface area contributed by atoms with E-state index in [0.29, 0.717) is 29.3 Å². The number of imide groups is 1. The molecule has 3 aromatic rings. The first kappa shape index (κ1) is 18.4. The minimum absolute atomic E-state index is 0.190. The average Bonchev–Trinajstić information content (AvgIpc) is 3.00. The number of carbonyl (C=O) groups excluding carboxylic acids is 3. The molecule has 0 aromatic heterocycles. The van der Waals surface area contributed by atoms with Crippen molar-refractivity contribution in [2.75, 3.05) is 16.8 Å². The SMILES string of the molecule is CCOc1cccc(C(=O)Nc2cccc3c2C(=O)N(c2ccccc2)C3=O)c1. The normalized spacial score (nSPS) is 12.7. The summed E-state index contributed by atoms with van der Waals surface area (Å²) in [7, 11) is 0. The fourth-order valence-corrected chi connectivity index (χ4v) is 3.29. The van der Waals surface area contributed by atoms with Crippen LogP contribution >= 0.6 is 0 Å². The van der Waals surface area contributed by atoms with Gasteiger partial charge in [0.2, 0.25) is 0 Å². The molecule has 0 saturated heterocycles. The molecule has 0 unspecified atom stereocenters. The number of carbonyl (C=O) groups is 3. The molecule has 1 aliphatic heterocycles. The highest BCUT2D eigenvalue weighted by Gasteiger charge is 2.38. The van der Waals surface area contributed by atoms with Crippen molar-refractivity contribution >= 4 is 29.1 Å². The van der Waals surface area contributed by atoms with Crippen LogP contribution in [0.1, 0.15) is 38.0 Å². The van der Waals surface area contributed by atoms with Gasteiger partial charge in [0.15, 0.2) is 0 Å². The van der Waals surface area contributed by atoms with Gasteiger partial charge in [0, 0.05) is 5.56 Å². The van der Waals surface area contributed by atoms with E-state index in [1.807, 2.05) is 13.0 Å². The zero-order valence-corrected chi connectivity index (χ0v) is 15.7. The predicted octanol–water partition coefficient (Wildman–Crippen LogP) is 4.14. The minimum Gasteiger partial charge on any atom is -0.494 e. The van der Waals surface area contributed by atoms with E-state index in [9.17, 15) is 14.4 Å². The lowest BCUT2D eigenvalue weighted by Gasteiger charge is -2.14. The quantitative estimate of drug-likeness (QED) is 0.669. The maximum Gasteiger partial charge on any atom is 0.268 e. The number of nitrogens with zero attached hydrogens (tertiary/aromatic N) is 1. The summed E-state index contributed by atoms with van der Waals surface area (Å²) in [5.41, 5.74) is 1.63. The molecule has 1 heterocycles. The van der Waals surface area contributed by atoms with E-state index in [1.165, 1.54) is 0 Å². The molecule has 3 amide bonds. The zero-order chi connectivity index (χ0) is 20.4. The van der Waals surface area contributed by atoms with Gasteiger partial charge in [-0.25, -0.2) is 4.90 Å². The van der Waals surface area contributed by atoms with Crippen LogP contribution in [0.4, 0.5) is 11.4 Å². The summed E-state index contributed by atoms with van der Waals surface area (Å²) < 4.78 is 5.43. The third-order valence-electron chi connectivity index (χ3n) is 4.58. The smallest absolute Gasteiger partial charge is 0.268 e. The van der Waals surface area contributed by atoms with Crippen molar-refractivity contribution in [2.24, 2.45) is 0 Å². The maximum atomic E-state index is 13.0. The molecular formula is C23H18N2O4. The highest BCUT2D eigenvalue weighted by molar-refractivity contribution is 6.36. The second-order valence-electron chi connectivity index (χ2n) is 6.42. The van der Waals surface area contributed by atoms with Crippen molar-refractivity contribution in [1.29, 1.82) is 0 Å². The number of rotatable bonds is 5. The highest BCUT2D eigenvalue weighted by atomic mass is 16.5. The molecule has 0 radical (unpaired) electrons. The summed E-state index contributed by atoms with van der Waals surface area (Å²) in [5.74, 6) is -0.681. The molecule has 0 aliphatic carbocycles. The first-order chi connectivity index (χ1) is 14.1. The number of amides is 3. The van der Waals surface area contributed by atoms with Crippen molar-refractivity contribution in [3.8, 4) is 5.75 Å². The van der Waals surface area contributed by atoms with Crippen molar-refractivity contribution in [3.05, 3.63) is 89.5 Å². The molecule has 6 heteroatoms. The van der Waals surface area contributed by atoms with Gasteiger partial charge in [0.25, 0.3) is 17.7 Å².